The monoisotopic (exact) mass is 463 g/mol. The van der Waals surface area contributed by atoms with Gasteiger partial charge in [-0.2, -0.15) is 0 Å². The van der Waals surface area contributed by atoms with Crippen molar-refractivity contribution in [3.8, 4) is 0 Å². The predicted octanol–water partition coefficient (Wildman–Crippen LogP) is 3.54. The van der Waals surface area contributed by atoms with Gasteiger partial charge in [0, 0.05) is 49.9 Å². The minimum Gasteiger partial charge on any atom is -0.336 e. The van der Waals surface area contributed by atoms with E-state index in [9.17, 15) is 19.7 Å². The maximum absolute atomic E-state index is 13.1. The highest BCUT2D eigenvalue weighted by molar-refractivity contribution is 5.95. The van der Waals surface area contributed by atoms with Gasteiger partial charge in [-0.1, -0.05) is 25.1 Å². The van der Waals surface area contributed by atoms with Crippen molar-refractivity contribution in [2.45, 2.75) is 39.8 Å². The Hall–Kier alpha value is -3.59. The predicted molar refractivity (Wildman–Crippen MR) is 130 cm³/mol. The van der Waals surface area contributed by atoms with Gasteiger partial charge in [0.25, 0.3) is 17.2 Å². The molecule has 2 aromatic carbocycles. The van der Waals surface area contributed by atoms with Crippen molar-refractivity contribution in [1.82, 2.24) is 19.4 Å². The van der Waals surface area contributed by atoms with Gasteiger partial charge in [0.1, 0.15) is 5.82 Å². The molecular formula is C25H29N5O4. The van der Waals surface area contributed by atoms with E-state index in [1.54, 1.807) is 34.6 Å². The Balaban J connectivity index is 1.55. The first-order valence-corrected chi connectivity index (χ1v) is 11.6. The molecule has 1 aliphatic rings. The summed E-state index contributed by atoms with van der Waals surface area (Å²) < 4.78 is 1.75. The molecule has 1 amide bonds. The second-order valence-corrected chi connectivity index (χ2v) is 8.55. The van der Waals surface area contributed by atoms with Crippen molar-refractivity contribution in [3.05, 3.63) is 79.9 Å². The van der Waals surface area contributed by atoms with Gasteiger partial charge in [-0.05, 0) is 38.5 Å². The molecule has 4 rings (SSSR count). The molecular weight excluding hydrogens is 434 g/mol. The van der Waals surface area contributed by atoms with Gasteiger partial charge in [0.05, 0.1) is 21.9 Å². The number of nitro benzene ring substituents is 1. The molecule has 2 heterocycles. The molecule has 0 N–H and O–H groups in total. The van der Waals surface area contributed by atoms with Gasteiger partial charge in [0.15, 0.2) is 0 Å². The van der Waals surface area contributed by atoms with Gasteiger partial charge in [-0.15, -0.1) is 0 Å². The number of para-hydroxylation sites is 1. The third-order valence-corrected chi connectivity index (χ3v) is 6.59. The minimum atomic E-state index is -0.459. The largest absolute Gasteiger partial charge is 0.336 e. The van der Waals surface area contributed by atoms with E-state index in [1.165, 1.54) is 6.07 Å². The fourth-order valence-electron chi connectivity index (χ4n) is 4.71. The summed E-state index contributed by atoms with van der Waals surface area (Å²) in [6.07, 6.45) is 0.781. The lowest BCUT2D eigenvalue weighted by Gasteiger charge is -2.39. The number of fused-ring (bicyclic) bond motifs is 1. The Morgan fingerprint density at radius 3 is 2.47 bits per heavy atom. The average Bonchev–Trinajstić information content (AvgIpc) is 2.85. The Morgan fingerprint density at radius 1 is 1.12 bits per heavy atom. The number of carbonyl (C=O) groups is 1. The van der Waals surface area contributed by atoms with Crippen molar-refractivity contribution >= 4 is 22.5 Å². The SMILES string of the molecule is CCC(c1nc2ccccc2c(=O)n1CC)N1CCN(C(=O)c2ccc(C)c([N+](=O)[O-])c2)CC1. The number of nitrogens with zero attached hydrogens (tertiary/aromatic N) is 5. The molecule has 1 aliphatic heterocycles. The molecule has 34 heavy (non-hydrogen) atoms. The molecule has 9 heteroatoms. The van der Waals surface area contributed by atoms with Crippen molar-refractivity contribution in [2.75, 3.05) is 26.2 Å². The second kappa shape index (κ2) is 9.72. The number of piperazine rings is 1. The summed E-state index contributed by atoms with van der Waals surface area (Å²) in [6, 6.07) is 12.0. The van der Waals surface area contributed by atoms with E-state index < -0.39 is 4.92 Å². The molecule has 1 fully saturated rings. The van der Waals surface area contributed by atoms with Crippen LogP contribution < -0.4 is 5.56 Å². The summed E-state index contributed by atoms with van der Waals surface area (Å²) in [7, 11) is 0. The number of hydrogen-bond acceptors (Lipinski definition) is 6. The highest BCUT2D eigenvalue weighted by atomic mass is 16.6. The van der Waals surface area contributed by atoms with Gasteiger partial charge in [-0.25, -0.2) is 4.98 Å². The van der Waals surface area contributed by atoms with Gasteiger partial charge >= 0.3 is 0 Å². The molecule has 0 bridgehead atoms. The van der Waals surface area contributed by atoms with Crippen LogP contribution in [0.1, 0.15) is 48.1 Å². The first-order chi connectivity index (χ1) is 16.3. The summed E-state index contributed by atoms with van der Waals surface area (Å²) in [5, 5.41) is 11.9. The number of carbonyl (C=O) groups excluding carboxylic acids is 1. The van der Waals surface area contributed by atoms with E-state index in [1.807, 2.05) is 25.1 Å². The van der Waals surface area contributed by atoms with E-state index in [0.717, 1.165) is 12.2 Å². The average molecular weight is 464 g/mol. The Bertz CT molecular complexity index is 1290. The summed E-state index contributed by atoms with van der Waals surface area (Å²) >= 11 is 0. The van der Waals surface area contributed by atoms with E-state index in [2.05, 4.69) is 11.8 Å². The summed E-state index contributed by atoms with van der Waals surface area (Å²) in [6.45, 7) is 8.48. The number of rotatable bonds is 6. The minimum absolute atomic E-state index is 0.0312. The van der Waals surface area contributed by atoms with Crippen molar-refractivity contribution in [3.63, 3.8) is 0 Å². The highest BCUT2D eigenvalue weighted by Crippen LogP contribution is 2.26. The summed E-state index contributed by atoms with van der Waals surface area (Å²) in [4.78, 5) is 45.8. The zero-order valence-electron chi connectivity index (χ0n) is 19.7. The van der Waals surface area contributed by atoms with Crippen LogP contribution in [-0.2, 0) is 6.54 Å². The van der Waals surface area contributed by atoms with Crippen LogP contribution in [0.3, 0.4) is 0 Å². The van der Waals surface area contributed by atoms with Crippen LogP contribution >= 0.6 is 0 Å². The second-order valence-electron chi connectivity index (χ2n) is 8.55. The number of hydrogen-bond donors (Lipinski definition) is 0. The standard InChI is InChI=1S/C25H29N5O4/c1-4-21(23-26-20-9-7-6-8-19(20)25(32)29(23)5-2)27-12-14-28(15-13-27)24(31)18-11-10-17(3)22(16-18)30(33)34/h6-11,16,21H,4-5,12-15H2,1-3H3. The fraction of sp³-hybridized carbons (Fsp3) is 0.400. The maximum Gasteiger partial charge on any atom is 0.273 e. The third kappa shape index (κ3) is 4.31. The Morgan fingerprint density at radius 2 is 1.82 bits per heavy atom. The van der Waals surface area contributed by atoms with Crippen LogP contribution in [0.2, 0.25) is 0 Å². The molecule has 0 spiro atoms. The van der Waals surface area contributed by atoms with Crippen LogP contribution in [0.5, 0.6) is 0 Å². The van der Waals surface area contributed by atoms with E-state index in [4.69, 9.17) is 4.98 Å². The highest BCUT2D eigenvalue weighted by Gasteiger charge is 2.30. The molecule has 178 valence electrons. The summed E-state index contributed by atoms with van der Waals surface area (Å²) in [5.74, 6) is 0.549. The van der Waals surface area contributed by atoms with Crippen LogP contribution in [0.25, 0.3) is 10.9 Å². The van der Waals surface area contributed by atoms with Crippen LogP contribution in [-0.4, -0.2) is 56.4 Å². The van der Waals surface area contributed by atoms with Crippen LogP contribution in [0.4, 0.5) is 5.69 Å². The smallest absolute Gasteiger partial charge is 0.273 e. The van der Waals surface area contributed by atoms with Crippen LogP contribution in [0.15, 0.2) is 47.3 Å². The molecule has 3 aromatic rings. The lowest BCUT2D eigenvalue weighted by Crippen LogP contribution is -2.50. The normalized spacial score (nSPS) is 15.4. The van der Waals surface area contributed by atoms with E-state index in [0.29, 0.717) is 54.8 Å². The first kappa shape index (κ1) is 23.6. The lowest BCUT2D eigenvalue weighted by atomic mass is 10.1. The zero-order chi connectivity index (χ0) is 24.4. The molecule has 1 aromatic heterocycles. The Kier molecular flexibility index (Phi) is 6.74. The molecule has 1 unspecified atom stereocenters. The van der Waals surface area contributed by atoms with Gasteiger partial charge in [-0.3, -0.25) is 29.2 Å². The topological polar surface area (TPSA) is 102 Å². The van der Waals surface area contributed by atoms with E-state index in [-0.39, 0.29) is 23.2 Å². The molecule has 0 aliphatic carbocycles. The zero-order valence-corrected chi connectivity index (χ0v) is 19.7. The van der Waals surface area contributed by atoms with Crippen LogP contribution in [0, 0.1) is 17.0 Å². The van der Waals surface area contributed by atoms with Crippen molar-refractivity contribution < 1.29 is 9.72 Å². The molecule has 1 saturated heterocycles. The first-order valence-electron chi connectivity index (χ1n) is 11.6. The van der Waals surface area contributed by atoms with Crippen molar-refractivity contribution in [1.29, 1.82) is 0 Å². The van der Waals surface area contributed by atoms with E-state index >= 15 is 0 Å². The molecule has 1 atom stereocenters. The number of amides is 1. The molecule has 9 nitrogen and oxygen atoms in total. The quantitative estimate of drug-likeness (QED) is 0.409. The van der Waals surface area contributed by atoms with Crippen molar-refractivity contribution in [2.24, 2.45) is 0 Å². The molecule has 0 radical (unpaired) electrons. The number of aryl methyl sites for hydroxylation is 1. The number of nitro groups is 1. The molecule has 0 saturated carbocycles. The fourth-order valence-corrected chi connectivity index (χ4v) is 4.71. The third-order valence-electron chi connectivity index (χ3n) is 6.59. The number of aromatic nitrogens is 2. The van der Waals surface area contributed by atoms with Gasteiger partial charge < -0.3 is 4.90 Å². The Labute approximate surface area is 197 Å². The lowest BCUT2D eigenvalue weighted by molar-refractivity contribution is -0.385. The maximum atomic E-state index is 13.1. The van der Waals surface area contributed by atoms with Gasteiger partial charge in [0.2, 0.25) is 0 Å². The number of benzene rings is 2. The summed E-state index contributed by atoms with van der Waals surface area (Å²) in [5.41, 5.74) is 1.48.